The van der Waals surface area contributed by atoms with Gasteiger partial charge in [-0.1, -0.05) is 57.9 Å². The van der Waals surface area contributed by atoms with Gasteiger partial charge in [0.1, 0.15) is 0 Å². The van der Waals surface area contributed by atoms with Gasteiger partial charge in [-0.25, -0.2) is 0 Å². The fourth-order valence-corrected chi connectivity index (χ4v) is 6.78. The molecule has 2 fully saturated rings. The number of ketones is 1. The molecule has 0 aromatic rings. The highest BCUT2D eigenvalue weighted by Gasteiger charge is 2.41. The second-order valence-electron chi connectivity index (χ2n) is 13.4. The number of carbonyl (C=O) groups is 2. The highest BCUT2D eigenvalue weighted by Crippen LogP contribution is 2.31. The van der Waals surface area contributed by atoms with Crippen molar-refractivity contribution in [2.45, 2.75) is 130 Å². The minimum atomic E-state index is -0.687. The number of aliphatic hydroxyl groups is 2. The molecule has 2 aliphatic rings. The van der Waals surface area contributed by atoms with E-state index in [1.54, 1.807) is 27.4 Å². The monoisotopic (exact) mass is 620 g/mol. The Morgan fingerprint density at radius 3 is 2.39 bits per heavy atom. The third-order valence-electron chi connectivity index (χ3n) is 9.46. The number of aliphatic hydroxyl groups excluding tert-OH is 2. The van der Waals surface area contributed by atoms with Gasteiger partial charge >= 0.3 is 5.97 Å². The third-order valence-corrected chi connectivity index (χ3v) is 9.46. The molecule has 252 valence electrons. The van der Waals surface area contributed by atoms with Crippen molar-refractivity contribution in [1.82, 2.24) is 0 Å². The zero-order chi connectivity index (χ0) is 33.0. The highest BCUT2D eigenvalue weighted by molar-refractivity contribution is 5.93. The molecule has 8 heteroatoms. The fourth-order valence-electron chi connectivity index (χ4n) is 6.78. The summed E-state index contributed by atoms with van der Waals surface area (Å²) in [5, 5.41) is 21.1. The topological polar surface area (TPSA) is 112 Å². The number of hydrogen-bond acceptors (Lipinski definition) is 8. The summed E-state index contributed by atoms with van der Waals surface area (Å²) in [5.74, 6) is -0.286. The van der Waals surface area contributed by atoms with Crippen molar-refractivity contribution in [2.24, 2.45) is 29.6 Å². The maximum absolute atomic E-state index is 13.3. The molecule has 1 aliphatic heterocycles. The maximum Gasteiger partial charge on any atom is 0.309 e. The number of methoxy groups -OCH3 is 3. The smallest absolute Gasteiger partial charge is 0.309 e. The molecule has 11 atom stereocenters. The molecule has 1 saturated heterocycles. The van der Waals surface area contributed by atoms with Crippen LogP contribution in [0.1, 0.15) is 92.9 Å². The Labute approximate surface area is 266 Å². The molecule has 0 amide bonds. The van der Waals surface area contributed by atoms with Crippen LogP contribution < -0.4 is 0 Å². The van der Waals surface area contributed by atoms with Crippen LogP contribution in [0.15, 0.2) is 35.5 Å². The summed E-state index contributed by atoms with van der Waals surface area (Å²) in [7, 11) is 4.92. The van der Waals surface area contributed by atoms with Crippen LogP contribution in [0.25, 0.3) is 0 Å². The second-order valence-corrected chi connectivity index (χ2v) is 13.4. The van der Waals surface area contributed by atoms with Crippen LogP contribution in [0, 0.1) is 29.6 Å². The van der Waals surface area contributed by atoms with E-state index in [9.17, 15) is 19.8 Å². The molecular formula is C36H60O8. The van der Waals surface area contributed by atoms with Gasteiger partial charge in [0.2, 0.25) is 0 Å². The molecule has 0 bridgehead atoms. The average molecular weight is 621 g/mol. The van der Waals surface area contributed by atoms with Gasteiger partial charge in [0.25, 0.3) is 0 Å². The Balaban J connectivity index is 1.99. The van der Waals surface area contributed by atoms with Crippen LogP contribution in [0.4, 0.5) is 0 Å². The zero-order valence-electron chi connectivity index (χ0n) is 28.7. The molecule has 1 saturated carbocycles. The van der Waals surface area contributed by atoms with E-state index >= 15 is 0 Å². The largest absolute Gasteiger partial charge is 0.457 e. The number of ether oxygens (including phenoxy) is 4. The summed E-state index contributed by atoms with van der Waals surface area (Å²) >= 11 is 0. The Morgan fingerprint density at radius 1 is 1.09 bits per heavy atom. The summed E-state index contributed by atoms with van der Waals surface area (Å²) in [4.78, 5) is 25.5. The van der Waals surface area contributed by atoms with Gasteiger partial charge in [-0.05, 0) is 82.3 Å². The van der Waals surface area contributed by atoms with Crippen molar-refractivity contribution >= 4 is 11.8 Å². The number of rotatable bonds is 17. The van der Waals surface area contributed by atoms with Gasteiger partial charge < -0.3 is 29.2 Å². The molecule has 0 aromatic heterocycles. The van der Waals surface area contributed by atoms with Crippen molar-refractivity contribution in [3.63, 3.8) is 0 Å². The Bertz CT molecular complexity index is 987. The van der Waals surface area contributed by atoms with Gasteiger partial charge in [0.15, 0.2) is 11.9 Å². The molecule has 1 aliphatic carbocycles. The van der Waals surface area contributed by atoms with E-state index < -0.39 is 18.3 Å². The van der Waals surface area contributed by atoms with Crippen molar-refractivity contribution in [3.05, 3.63) is 35.5 Å². The second kappa shape index (κ2) is 19.0. The first kappa shape index (κ1) is 38.3. The predicted octanol–water partition coefficient (Wildman–Crippen LogP) is 5.99. The van der Waals surface area contributed by atoms with Gasteiger partial charge in [0.05, 0.1) is 36.4 Å². The first-order valence-corrected chi connectivity index (χ1v) is 16.6. The summed E-state index contributed by atoms with van der Waals surface area (Å²) in [5.41, 5.74) is 2.02. The summed E-state index contributed by atoms with van der Waals surface area (Å²) in [6.45, 7) is 12.0. The van der Waals surface area contributed by atoms with E-state index in [0.717, 1.165) is 43.3 Å². The standard InChI is InChI=1S/C36H60O8/c1-10-11-28(17-22(2)16-23(3)18-32(42-8)35-33(43-9)20-26(6)36(40)44-35)29(37)14-12-24(4)34(39)25(5)19-27-13-15-30(38)31(21-27)41-7/h12,14,17,19,23-24,26-28,30-35,38-39H,10-11,13,15-16,18,20-21H2,1-9H3. The number of hydrogen-bond donors (Lipinski definition) is 2. The normalized spacial score (nSPS) is 30.5. The van der Waals surface area contributed by atoms with Crippen LogP contribution in [0.5, 0.6) is 0 Å². The lowest BCUT2D eigenvalue weighted by atomic mass is 9.83. The summed E-state index contributed by atoms with van der Waals surface area (Å²) < 4.78 is 22.6. The van der Waals surface area contributed by atoms with Crippen LogP contribution in [0.2, 0.25) is 0 Å². The predicted molar refractivity (Wildman–Crippen MR) is 173 cm³/mol. The average Bonchev–Trinajstić information content (AvgIpc) is 2.99. The highest BCUT2D eigenvalue weighted by atomic mass is 16.6. The van der Waals surface area contributed by atoms with E-state index in [-0.39, 0.29) is 59.7 Å². The molecule has 44 heavy (non-hydrogen) atoms. The number of carbonyl (C=O) groups excluding carboxylic acids is 2. The molecule has 8 nitrogen and oxygen atoms in total. The number of cyclic esters (lactones) is 1. The molecule has 0 aromatic carbocycles. The Morgan fingerprint density at radius 2 is 1.77 bits per heavy atom. The molecular weight excluding hydrogens is 560 g/mol. The van der Waals surface area contributed by atoms with E-state index in [0.29, 0.717) is 19.3 Å². The molecule has 2 rings (SSSR count). The Kier molecular flexibility index (Phi) is 16.5. The van der Waals surface area contributed by atoms with Crippen LogP contribution in [0.3, 0.4) is 0 Å². The van der Waals surface area contributed by atoms with Gasteiger partial charge in [-0.3, -0.25) is 9.59 Å². The number of esters is 1. The third kappa shape index (κ3) is 11.5. The fraction of sp³-hybridized carbons (Fsp3) is 0.778. The minimum absolute atomic E-state index is 0.0460. The first-order chi connectivity index (χ1) is 20.8. The SMILES string of the molecule is CCCC(C=C(C)CC(C)CC(OC)C1OC(=O)C(C)CC1OC)C(=O)C=CC(C)C(O)C(C)=CC1CCC(O)C(OC)C1. The van der Waals surface area contributed by atoms with Crippen molar-refractivity contribution in [3.8, 4) is 0 Å². The van der Waals surface area contributed by atoms with Gasteiger partial charge in [0, 0.05) is 33.2 Å². The Hall–Kier alpha value is -1.84. The molecule has 11 unspecified atom stereocenters. The zero-order valence-corrected chi connectivity index (χ0v) is 28.7. The molecule has 0 radical (unpaired) electrons. The van der Waals surface area contributed by atoms with E-state index in [2.05, 4.69) is 32.9 Å². The van der Waals surface area contributed by atoms with Crippen LogP contribution >= 0.6 is 0 Å². The lowest BCUT2D eigenvalue weighted by Gasteiger charge is -2.38. The van der Waals surface area contributed by atoms with Crippen LogP contribution in [-0.4, -0.2) is 79.9 Å². The summed E-state index contributed by atoms with van der Waals surface area (Å²) in [6.07, 6.45) is 11.5. The van der Waals surface area contributed by atoms with Crippen LogP contribution in [-0.2, 0) is 28.5 Å². The number of allylic oxidation sites excluding steroid dienone is 4. The van der Waals surface area contributed by atoms with Crippen molar-refractivity contribution in [1.29, 1.82) is 0 Å². The van der Waals surface area contributed by atoms with E-state index in [1.807, 2.05) is 26.8 Å². The van der Waals surface area contributed by atoms with Gasteiger partial charge in [-0.2, -0.15) is 0 Å². The lowest BCUT2D eigenvalue weighted by Crippen LogP contribution is -2.49. The quantitative estimate of drug-likeness (QED) is 0.116. The maximum atomic E-state index is 13.3. The van der Waals surface area contributed by atoms with Crippen molar-refractivity contribution in [2.75, 3.05) is 21.3 Å². The lowest BCUT2D eigenvalue weighted by molar-refractivity contribution is -0.189. The molecule has 1 heterocycles. The molecule has 0 spiro atoms. The first-order valence-electron chi connectivity index (χ1n) is 16.6. The molecule has 2 N–H and O–H groups in total. The minimum Gasteiger partial charge on any atom is -0.457 e. The van der Waals surface area contributed by atoms with Crippen molar-refractivity contribution < 1.29 is 38.7 Å². The van der Waals surface area contributed by atoms with E-state index in [4.69, 9.17) is 18.9 Å². The van der Waals surface area contributed by atoms with E-state index in [1.165, 1.54) is 0 Å². The summed E-state index contributed by atoms with van der Waals surface area (Å²) in [6, 6.07) is 0. The van der Waals surface area contributed by atoms with Gasteiger partial charge in [-0.15, -0.1) is 0 Å².